The number of carbonyl (C=O) groups is 2. The Bertz CT molecular complexity index is 753. The molecule has 2 heterocycles. The molecule has 1 aromatic rings. The fourth-order valence-electron chi connectivity index (χ4n) is 3.61. The normalized spacial score (nSPS) is 25.4. The highest BCUT2D eigenvalue weighted by Crippen LogP contribution is 2.28. The van der Waals surface area contributed by atoms with Crippen LogP contribution in [0.5, 0.6) is 0 Å². The third kappa shape index (κ3) is 4.10. The summed E-state index contributed by atoms with van der Waals surface area (Å²) in [5, 5.41) is 2.28. The summed E-state index contributed by atoms with van der Waals surface area (Å²) in [5.74, 6) is -0.284. The molecule has 0 unspecified atom stereocenters. The number of hydrogen-bond donors (Lipinski definition) is 2. The second-order valence-electron chi connectivity index (χ2n) is 6.47. The molecule has 136 valence electrons. The quantitative estimate of drug-likeness (QED) is 0.722. The summed E-state index contributed by atoms with van der Waals surface area (Å²) in [7, 11) is -3.20. The molecule has 0 bridgehead atoms. The van der Waals surface area contributed by atoms with Crippen molar-refractivity contribution in [3.8, 4) is 0 Å². The van der Waals surface area contributed by atoms with Crippen LogP contribution in [0.3, 0.4) is 0 Å². The van der Waals surface area contributed by atoms with Gasteiger partial charge in [-0.3, -0.25) is 9.69 Å². The van der Waals surface area contributed by atoms with E-state index >= 15 is 0 Å². The molecular formula is C16H22N4O4S. The molecule has 2 saturated heterocycles. The number of nitrogens with zero attached hydrogens (tertiary/aromatic N) is 2. The minimum Gasteiger partial charge on any atom is -0.352 e. The van der Waals surface area contributed by atoms with Crippen molar-refractivity contribution < 1.29 is 18.0 Å². The molecule has 0 spiro atoms. The van der Waals surface area contributed by atoms with Gasteiger partial charge in [0.25, 0.3) is 0 Å². The highest BCUT2D eigenvalue weighted by atomic mass is 32.2. The minimum atomic E-state index is -3.20. The molecule has 2 atom stereocenters. The van der Waals surface area contributed by atoms with Gasteiger partial charge in [-0.15, -0.1) is 0 Å². The van der Waals surface area contributed by atoms with E-state index in [0.29, 0.717) is 19.6 Å². The Kier molecular flexibility index (Phi) is 4.96. The first kappa shape index (κ1) is 17.7. The number of nitrogens with two attached hydrogens (primary N) is 1. The molecule has 0 aliphatic carbocycles. The van der Waals surface area contributed by atoms with Crippen molar-refractivity contribution in [3.05, 3.63) is 35.9 Å². The van der Waals surface area contributed by atoms with Gasteiger partial charge in [0.15, 0.2) is 9.84 Å². The van der Waals surface area contributed by atoms with Crippen LogP contribution in [0.15, 0.2) is 30.3 Å². The van der Waals surface area contributed by atoms with Crippen LogP contribution in [0, 0.1) is 0 Å². The van der Waals surface area contributed by atoms with Gasteiger partial charge in [-0.2, -0.15) is 0 Å². The molecule has 0 radical (unpaired) electrons. The van der Waals surface area contributed by atoms with Crippen molar-refractivity contribution in [2.24, 2.45) is 5.73 Å². The SMILES string of the molecule is NC(=O)NCC(=O)N1CCN(Cc2ccccc2)[C@@H]2CS(=O)(=O)C[C@@H]21. The fourth-order valence-corrected chi connectivity index (χ4v) is 5.62. The Balaban J connectivity index is 1.75. The Morgan fingerprint density at radius 3 is 2.48 bits per heavy atom. The smallest absolute Gasteiger partial charge is 0.312 e. The van der Waals surface area contributed by atoms with Crippen molar-refractivity contribution in [2.45, 2.75) is 18.6 Å². The van der Waals surface area contributed by atoms with E-state index in [1.165, 1.54) is 0 Å². The molecule has 3 N–H and O–H groups in total. The first-order valence-electron chi connectivity index (χ1n) is 8.17. The van der Waals surface area contributed by atoms with E-state index in [1.54, 1.807) is 4.90 Å². The van der Waals surface area contributed by atoms with E-state index in [1.807, 2.05) is 30.3 Å². The predicted molar refractivity (Wildman–Crippen MR) is 92.4 cm³/mol. The zero-order valence-corrected chi connectivity index (χ0v) is 14.6. The number of carbonyl (C=O) groups excluding carboxylic acids is 2. The lowest BCUT2D eigenvalue weighted by molar-refractivity contribution is -0.135. The number of primary amides is 1. The number of nitrogens with one attached hydrogen (secondary N) is 1. The van der Waals surface area contributed by atoms with Gasteiger partial charge < -0.3 is 16.0 Å². The van der Waals surface area contributed by atoms with Gasteiger partial charge >= 0.3 is 6.03 Å². The predicted octanol–water partition coefficient (Wildman–Crippen LogP) is -0.835. The maximum absolute atomic E-state index is 12.4. The molecule has 8 nitrogen and oxygen atoms in total. The molecule has 25 heavy (non-hydrogen) atoms. The van der Waals surface area contributed by atoms with E-state index < -0.39 is 15.9 Å². The van der Waals surface area contributed by atoms with Gasteiger partial charge in [0.1, 0.15) is 0 Å². The van der Waals surface area contributed by atoms with Crippen molar-refractivity contribution in [1.29, 1.82) is 0 Å². The minimum absolute atomic E-state index is 0.0364. The summed E-state index contributed by atoms with van der Waals surface area (Å²) in [4.78, 5) is 26.9. The maximum Gasteiger partial charge on any atom is 0.312 e. The molecule has 0 aromatic heterocycles. The molecule has 3 amide bonds. The van der Waals surface area contributed by atoms with Crippen LogP contribution in [-0.4, -0.2) is 73.4 Å². The Morgan fingerprint density at radius 2 is 1.80 bits per heavy atom. The van der Waals surface area contributed by atoms with E-state index in [4.69, 9.17) is 5.73 Å². The molecule has 2 aliphatic rings. The summed E-state index contributed by atoms with van der Waals surface area (Å²) in [5.41, 5.74) is 6.12. The van der Waals surface area contributed by atoms with Gasteiger partial charge in [-0.1, -0.05) is 30.3 Å². The van der Waals surface area contributed by atoms with Gasteiger partial charge in [-0.25, -0.2) is 13.2 Å². The van der Waals surface area contributed by atoms with Crippen LogP contribution in [0.1, 0.15) is 5.56 Å². The van der Waals surface area contributed by atoms with Crippen LogP contribution in [0.2, 0.25) is 0 Å². The summed E-state index contributed by atoms with van der Waals surface area (Å²) in [6, 6.07) is 8.47. The van der Waals surface area contributed by atoms with Crippen LogP contribution >= 0.6 is 0 Å². The van der Waals surface area contributed by atoms with E-state index in [-0.39, 0.29) is 36.0 Å². The first-order valence-corrected chi connectivity index (χ1v) is 9.99. The van der Waals surface area contributed by atoms with Gasteiger partial charge in [0.2, 0.25) is 5.91 Å². The third-order valence-electron chi connectivity index (χ3n) is 4.75. The number of hydrogen-bond acceptors (Lipinski definition) is 5. The Morgan fingerprint density at radius 1 is 1.12 bits per heavy atom. The molecule has 3 rings (SSSR count). The fraction of sp³-hybridized carbons (Fsp3) is 0.500. The van der Waals surface area contributed by atoms with Crippen molar-refractivity contribution in [2.75, 3.05) is 31.1 Å². The van der Waals surface area contributed by atoms with E-state index in [9.17, 15) is 18.0 Å². The molecular weight excluding hydrogens is 344 g/mol. The summed E-state index contributed by atoms with van der Waals surface area (Å²) < 4.78 is 24.3. The number of piperazine rings is 1. The van der Waals surface area contributed by atoms with Crippen LogP contribution in [0.25, 0.3) is 0 Å². The van der Waals surface area contributed by atoms with Crippen LogP contribution < -0.4 is 11.1 Å². The summed E-state index contributed by atoms with van der Waals surface area (Å²) in [6.45, 7) is 1.47. The van der Waals surface area contributed by atoms with Gasteiger partial charge in [0, 0.05) is 25.7 Å². The van der Waals surface area contributed by atoms with E-state index in [2.05, 4.69) is 10.2 Å². The first-order chi connectivity index (χ1) is 11.9. The standard InChI is InChI=1S/C16H22N4O4S/c17-16(22)18-8-15(21)20-7-6-19(9-12-4-2-1-3-5-12)13-10-25(23,24)11-14(13)20/h1-5,13-14H,6-11H2,(H3,17,18,22)/t13-,14+/m1/s1. The monoisotopic (exact) mass is 366 g/mol. The van der Waals surface area contributed by atoms with Crippen molar-refractivity contribution >= 4 is 21.8 Å². The molecule has 9 heteroatoms. The van der Waals surface area contributed by atoms with Crippen molar-refractivity contribution in [3.63, 3.8) is 0 Å². The number of fused-ring (bicyclic) bond motifs is 1. The van der Waals surface area contributed by atoms with Crippen LogP contribution in [0.4, 0.5) is 4.79 Å². The third-order valence-corrected chi connectivity index (χ3v) is 6.45. The molecule has 2 fully saturated rings. The average molecular weight is 366 g/mol. The van der Waals surface area contributed by atoms with Crippen LogP contribution in [-0.2, 0) is 21.2 Å². The van der Waals surface area contributed by atoms with Gasteiger partial charge in [-0.05, 0) is 5.56 Å². The zero-order chi connectivity index (χ0) is 18.0. The maximum atomic E-state index is 12.4. The van der Waals surface area contributed by atoms with Crippen molar-refractivity contribution in [1.82, 2.24) is 15.1 Å². The average Bonchev–Trinajstić information content (AvgIpc) is 2.89. The lowest BCUT2D eigenvalue weighted by Gasteiger charge is -2.44. The highest BCUT2D eigenvalue weighted by Gasteiger charge is 2.47. The number of rotatable bonds is 4. The second-order valence-corrected chi connectivity index (χ2v) is 8.63. The number of benzene rings is 1. The lowest BCUT2D eigenvalue weighted by atomic mass is 10.0. The number of sulfone groups is 1. The van der Waals surface area contributed by atoms with Gasteiger partial charge in [0.05, 0.1) is 24.1 Å². The number of amides is 3. The van der Waals surface area contributed by atoms with E-state index in [0.717, 1.165) is 5.56 Å². The second kappa shape index (κ2) is 7.01. The molecule has 0 saturated carbocycles. The topological polar surface area (TPSA) is 113 Å². The Labute approximate surface area is 146 Å². The highest BCUT2D eigenvalue weighted by molar-refractivity contribution is 7.91. The molecule has 1 aromatic carbocycles. The summed E-state index contributed by atoms with van der Waals surface area (Å²) in [6.07, 6.45) is 0. The lowest BCUT2D eigenvalue weighted by Crippen LogP contribution is -2.61. The zero-order valence-electron chi connectivity index (χ0n) is 13.8. The number of urea groups is 1. The largest absolute Gasteiger partial charge is 0.352 e. The summed E-state index contributed by atoms with van der Waals surface area (Å²) >= 11 is 0. The Hall–Kier alpha value is -2.13. The molecule has 2 aliphatic heterocycles.